The number of carbonyl (C=O) groups is 2. The molecule has 0 atom stereocenters. The van der Waals surface area contributed by atoms with E-state index in [4.69, 9.17) is 0 Å². The Balaban J connectivity index is 1.69. The van der Waals surface area contributed by atoms with E-state index >= 15 is 0 Å². The second kappa shape index (κ2) is 9.01. The second-order valence-electron chi connectivity index (χ2n) is 6.31. The Labute approximate surface area is 166 Å². The van der Waals surface area contributed by atoms with E-state index in [1.54, 1.807) is 19.4 Å². The molecule has 8 heteroatoms. The lowest BCUT2D eigenvalue weighted by Gasteiger charge is -2.17. The quantitative estimate of drug-likeness (QED) is 0.694. The molecule has 1 aromatic carbocycles. The highest BCUT2D eigenvalue weighted by atomic mass is 19.1. The van der Waals surface area contributed by atoms with E-state index in [0.717, 1.165) is 17.7 Å². The second-order valence-corrected chi connectivity index (χ2v) is 6.31. The largest absolute Gasteiger partial charge is 0.341 e. The maximum absolute atomic E-state index is 13.7. The van der Waals surface area contributed by atoms with Gasteiger partial charge in [-0.05, 0) is 48.4 Å². The summed E-state index contributed by atoms with van der Waals surface area (Å²) in [5.74, 6) is -2.92. The molecule has 1 N–H and O–H groups in total. The highest BCUT2D eigenvalue weighted by Crippen LogP contribution is 2.19. The number of pyridine rings is 2. The normalized spacial score (nSPS) is 10.4. The highest BCUT2D eigenvalue weighted by molar-refractivity contribution is 6.04. The zero-order chi connectivity index (χ0) is 20.8. The molecular weight excluding hydrogens is 378 g/mol. The average molecular weight is 396 g/mol. The Kier molecular flexibility index (Phi) is 6.23. The van der Waals surface area contributed by atoms with E-state index in [-0.39, 0.29) is 17.2 Å². The first-order chi connectivity index (χ1) is 14.0. The molecule has 0 spiro atoms. The van der Waals surface area contributed by atoms with E-state index < -0.39 is 23.2 Å². The van der Waals surface area contributed by atoms with Gasteiger partial charge < -0.3 is 10.2 Å². The topological polar surface area (TPSA) is 75.2 Å². The Morgan fingerprint density at radius 1 is 1.03 bits per heavy atom. The number of carbonyl (C=O) groups excluding carboxylic acids is 2. The van der Waals surface area contributed by atoms with Gasteiger partial charge in [-0.2, -0.15) is 0 Å². The Hall–Kier alpha value is -3.68. The lowest BCUT2D eigenvalue weighted by molar-refractivity contribution is 0.0796. The van der Waals surface area contributed by atoms with Crippen molar-refractivity contribution in [3.8, 4) is 0 Å². The van der Waals surface area contributed by atoms with Crippen molar-refractivity contribution < 1.29 is 18.4 Å². The fourth-order valence-electron chi connectivity index (χ4n) is 2.65. The number of halogens is 2. The zero-order valence-corrected chi connectivity index (χ0v) is 15.6. The molecule has 0 saturated heterocycles. The first kappa shape index (κ1) is 20.1. The van der Waals surface area contributed by atoms with Crippen molar-refractivity contribution in [3.05, 3.63) is 89.5 Å². The predicted molar refractivity (Wildman–Crippen MR) is 103 cm³/mol. The molecule has 0 unspecified atom stereocenters. The van der Waals surface area contributed by atoms with Crippen molar-refractivity contribution in [1.82, 2.24) is 14.9 Å². The summed E-state index contributed by atoms with van der Waals surface area (Å²) in [5, 5.41) is 2.15. The lowest BCUT2D eigenvalue weighted by Crippen LogP contribution is -2.29. The van der Waals surface area contributed by atoms with Crippen LogP contribution in [0.2, 0.25) is 0 Å². The number of likely N-dealkylation sites (N-methyl/N-ethyl adjacent to an activating group) is 1. The summed E-state index contributed by atoms with van der Waals surface area (Å²) in [6, 6.07) is 9.77. The third-order valence-electron chi connectivity index (χ3n) is 4.27. The van der Waals surface area contributed by atoms with Crippen LogP contribution in [0.4, 0.5) is 14.5 Å². The van der Waals surface area contributed by atoms with Crippen molar-refractivity contribution >= 4 is 17.5 Å². The smallest absolute Gasteiger partial charge is 0.274 e. The number of anilines is 1. The molecule has 148 valence electrons. The van der Waals surface area contributed by atoms with Gasteiger partial charge in [0.25, 0.3) is 11.8 Å². The summed E-state index contributed by atoms with van der Waals surface area (Å²) in [6.07, 6.45) is 5.32. The molecule has 2 amide bonds. The van der Waals surface area contributed by atoms with Crippen LogP contribution in [-0.2, 0) is 6.42 Å². The van der Waals surface area contributed by atoms with Gasteiger partial charge in [-0.1, -0.05) is 6.07 Å². The van der Waals surface area contributed by atoms with E-state index in [0.29, 0.717) is 13.0 Å². The predicted octanol–water partition coefficient (Wildman–Crippen LogP) is 3.32. The number of aromatic nitrogens is 2. The Morgan fingerprint density at radius 2 is 1.72 bits per heavy atom. The molecule has 0 aliphatic heterocycles. The molecule has 3 aromatic rings. The van der Waals surface area contributed by atoms with Crippen LogP contribution in [0, 0.1) is 11.6 Å². The van der Waals surface area contributed by atoms with E-state index in [9.17, 15) is 18.4 Å². The van der Waals surface area contributed by atoms with Gasteiger partial charge in [0, 0.05) is 37.7 Å². The number of benzene rings is 1. The van der Waals surface area contributed by atoms with Crippen LogP contribution in [0.1, 0.15) is 26.4 Å². The first-order valence-electron chi connectivity index (χ1n) is 8.81. The van der Waals surface area contributed by atoms with E-state index in [1.807, 2.05) is 12.1 Å². The minimum Gasteiger partial charge on any atom is -0.341 e. The monoisotopic (exact) mass is 396 g/mol. The summed E-state index contributed by atoms with van der Waals surface area (Å²) in [6.45, 7) is 0.465. The zero-order valence-electron chi connectivity index (χ0n) is 15.6. The van der Waals surface area contributed by atoms with Crippen LogP contribution in [0.5, 0.6) is 0 Å². The van der Waals surface area contributed by atoms with Gasteiger partial charge in [0.05, 0.1) is 0 Å². The van der Waals surface area contributed by atoms with E-state index in [1.165, 1.54) is 29.3 Å². The van der Waals surface area contributed by atoms with Gasteiger partial charge in [-0.3, -0.25) is 19.6 Å². The Bertz CT molecular complexity index is 1010. The number of hydrogen-bond acceptors (Lipinski definition) is 4. The summed E-state index contributed by atoms with van der Waals surface area (Å²) in [7, 11) is 1.65. The summed E-state index contributed by atoms with van der Waals surface area (Å²) < 4.78 is 27.4. The molecule has 0 aliphatic rings. The van der Waals surface area contributed by atoms with Crippen LogP contribution < -0.4 is 5.32 Å². The lowest BCUT2D eigenvalue weighted by atomic mass is 10.1. The molecule has 29 heavy (non-hydrogen) atoms. The van der Waals surface area contributed by atoms with Gasteiger partial charge in [-0.15, -0.1) is 0 Å². The molecule has 6 nitrogen and oxygen atoms in total. The van der Waals surface area contributed by atoms with Crippen LogP contribution >= 0.6 is 0 Å². The van der Waals surface area contributed by atoms with Crippen molar-refractivity contribution in [3.63, 3.8) is 0 Å². The third kappa shape index (κ3) is 4.98. The van der Waals surface area contributed by atoms with Crippen molar-refractivity contribution in [1.29, 1.82) is 0 Å². The van der Waals surface area contributed by atoms with Crippen molar-refractivity contribution in [2.75, 3.05) is 18.9 Å². The number of nitrogens with one attached hydrogen (secondary N) is 1. The molecule has 0 bridgehead atoms. The molecular formula is C21H18F2N4O2. The Morgan fingerprint density at radius 3 is 2.41 bits per heavy atom. The van der Waals surface area contributed by atoms with E-state index in [2.05, 4.69) is 15.3 Å². The minimum atomic E-state index is -0.901. The van der Waals surface area contributed by atoms with Crippen molar-refractivity contribution in [2.45, 2.75) is 6.42 Å². The molecule has 2 aromatic heterocycles. The van der Waals surface area contributed by atoms with Crippen LogP contribution in [-0.4, -0.2) is 40.3 Å². The third-order valence-corrected chi connectivity index (χ3v) is 4.27. The summed E-state index contributed by atoms with van der Waals surface area (Å²) in [5.41, 5.74) is 0.601. The standard InChI is InChI=1S/C21H18F2N4O2/c1-27(12-8-14-5-9-24-10-6-14)21(29)15-7-11-25-18(13-15)20(28)26-19-16(22)3-2-4-17(19)23/h2-7,9-11,13H,8,12H2,1H3,(H,26,28). The summed E-state index contributed by atoms with van der Waals surface area (Å²) >= 11 is 0. The summed E-state index contributed by atoms with van der Waals surface area (Å²) in [4.78, 5) is 34.3. The fraction of sp³-hybridized carbons (Fsp3) is 0.143. The molecule has 0 saturated carbocycles. The van der Waals surface area contributed by atoms with Crippen molar-refractivity contribution in [2.24, 2.45) is 0 Å². The maximum Gasteiger partial charge on any atom is 0.274 e. The SMILES string of the molecule is CN(CCc1ccncc1)C(=O)c1ccnc(C(=O)Nc2c(F)cccc2F)c1. The van der Waals surface area contributed by atoms with Gasteiger partial charge in [0.15, 0.2) is 0 Å². The molecule has 0 radical (unpaired) electrons. The molecule has 0 aliphatic carbocycles. The number of rotatable bonds is 6. The number of para-hydroxylation sites is 1. The van der Waals surface area contributed by atoms with Crippen LogP contribution in [0.25, 0.3) is 0 Å². The molecule has 0 fully saturated rings. The van der Waals surface area contributed by atoms with Gasteiger partial charge in [-0.25, -0.2) is 8.78 Å². The van der Waals surface area contributed by atoms with Gasteiger partial charge in [0.1, 0.15) is 23.0 Å². The highest BCUT2D eigenvalue weighted by Gasteiger charge is 2.17. The van der Waals surface area contributed by atoms with Gasteiger partial charge >= 0.3 is 0 Å². The minimum absolute atomic E-state index is 0.124. The molecule has 2 heterocycles. The maximum atomic E-state index is 13.7. The van der Waals surface area contributed by atoms with Crippen LogP contribution in [0.15, 0.2) is 61.1 Å². The molecule has 3 rings (SSSR count). The average Bonchev–Trinajstić information content (AvgIpc) is 2.75. The van der Waals surface area contributed by atoms with Crippen LogP contribution in [0.3, 0.4) is 0 Å². The number of hydrogen-bond donors (Lipinski definition) is 1. The first-order valence-corrected chi connectivity index (χ1v) is 8.81. The van der Waals surface area contributed by atoms with Gasteiger partial charge in [0.2, 0.25) is 0 Å². The fourth-order valence-corrected chi connectivity index (χ4v) is 2.65. The number of amides is 2. The number of nitrogens with zero attached hydrogens (tertiary/aromatic N) is 3.